The number of rotatable bonds is 9. The summed E-state index contributed by atoms with van der Waals surface area (Å²) in [4.78, 5) is 15.6. The predicted octanol–water partition coefficient (Wildman–Crippen LogP) is 8.04. The summed E-state index contributed by atoms with van der Waals surface area (Å²) >= 11 is 3.49. The van der Waals surface area contributed by atoms with E-state index >= 15 is 0 Å². The van der Waals surface area contributed by atoms with E-state index in [0.717, 1.165) is 32.8 Å². The highest BCUT2D eigenvalue weighted by atomic mass is 79.9. The highest BCUT2D eigenvalue weighted by Gasteiger charge is 2.30. The first-order chi connectivity index (χ1) is 21.1. The van der Waals surface area contributed by atoms with Gasteiger partial charge in [0.05, 0.1) is 18.7 Å². The minimum absolute atomic E-state index is 0.167. The van der Waals surface area contributed by atoms with Gasteiger partial charge in [-0.15, -0.1) is 10.2 Å². The van der Waals surface area contributed by atoms with Crippen LogP contribution < -0.4 is 10.2 Å². The molecule has 3 N–H and O–H groups in total. The summed E-state index contributed by atoms with van der Waals surface area (Å²) < 4.78 is 0.999. The van der Waals surface area contributed by atoms with Gasteiger partial charge in [-0.3, -0.25) is 4.90 Å². The zero-order valence-electron chi connectivity index (χ0n) is 26.0. The number of aliphatic hydroxyl groups excluding tert-OH is 1. The third-order valence-electron chi connectivity index (χ3n) is 9.05. The monoisotopic (exact) mass is 658 g/mol. The smallest absolute Gasteiger partial charge is 0.322 e. The zero-order chi connectivity index (χ0) is 31.3. The first kappa shape index (κ1) is 31.9. The van der Waals surface area contributed by atoms with Crippen LogP contribution in [0.2, 0.25) is 0 Å². The Bertz CT molecular complexity index is 1480. The molecule has 0 saturated heterocycles. The molecule has 9 heteroatoms. The zero-order valence-corrected chi connectivity index (χ0v) is 27.6. The van der Waals surface area contributed by atoms with Crippen LogP contribution in [0.1, 0.15) is 99.5 Å². The molecule has 2 amide bonds. The standard InChI is InChI=1S/C35H43BrN6O2/c1-23(25-11-17-30(36)18-12-25)37-34(44)42(22-24-5-7-28(8-6-24)32(43)21-33-38-40-41-39-33)31-19-13-27(14-20-31)26-9-15-29(16-10-26)35(2,3)4/h5-8,11-14,17-20,23,26,29,32,43H,9-10,15-16,21-22H2,1-4H3,(H,37,44)(H,38,39,40,41). The number of H-pyrrole nitrogens is 1. The Morgan fingerprint density at radius 1 is 0.977 bits per heavy atom. The number of carbonyl (C=O) groups excluding carboxylic acids is 1. The second kappa shape index (κ2) is 14.0. The van der Waals surface area contributed by atoms with Crippen molar-refractivity contribution < 1.29 is 9.90 Å². The largest absolute Gasteiger partial charge is 0.388 e. The van der Waals surface area contributed by atoms with Crippen molar-refractivity contribution in [3.8, 4) is 0 Å². The van der Waals surface area contributed by atoms with E-state index in [0.29, 0.717) is 23.7 Å². The first-order valence-electron chi connectivity index (χ1n) is 15.5. The summed E-state index contributed by atoms with van der Waals surface area (Å²) in [5.41, 5.74) is 5.30. The van der Waals surface area contributed by atoms with E-state index in [2.05, 4.69) is 86.9 Å². The third-order valence-corrected chi connectivity index (χ3v) is 9.58. The van der Waals surface area contributed by atoms with Crippen molar-refractivity contribution in [2.24, 2.45) is 11.3 Å². The van der Waals surface area contributed by atoms with Crippen LogP contribution in [0.15, 0.2) is 77.3 Å². The Hall–Kier alpha value is -3.56. The quantitative estimate of drug-likeness (QED) is 0.169. The maximum absolute atomic E-state index is 13.8. The van der Waals surface area contributed by atoms with Crippen LogP contribution >= 0.6 is 15.9 Å². The van der Waals surface area contributed by atoms with Crippen LogP contribution in [-0.2, 0) is 13.0 Å². The van der Waals surface area contributed by atoms with Gasteiger partial charge < -0.3 is 10.4 Å². The summed E-state index contributed by atoms with van der Waals surface area (Å²) in [7, 11) is 0. The van der Waals surface area contributed by atoms with E-state index < -0.39 is 6.10 Å². The molecule has 5 rings (SSSR count). The molecule has 2 unspecified atom stereocenters. The molecule has 1 fully saturated rings. The molecule has 3 aromatic carbocycles. The number of hydrogen-bond acceptors (Lipinski definition) is 5. The Kier molecular flexibility index (Phi) is 10.2. The normalized spacial score (nSPS) is 18.4. The summed E-state index contributed by atoms with van der Waals surface area (Å²) in [5.74, 6) is 1.79. The molecule has 1 heterocycles. The van der Waals surface area contributed by atoms with Crippen LogP contribution in [0, 0.1) is 11.3 Å². The lowest BCUT2D eigenvalue weighted by Gasteiger charge is -2.37. The van der Waals surface area contributed by atoms with E-state index in [-0.39, 0.29) is 18.5 Å². The fraction of sp³-hybridized carbons (Fsp3) is 0.429. The molecule has 1 aromatic heterocycles. The average Bonchev–Trinajstić information content (AvgIpc) is 3.53. The van der Waals surface area contributed by atoms with Crippen molar-refractivity contribution in [3.05, 3.63) is 105 Å². The molecule has 8 nitrogen and oxygen atoms in total. The SMILES string of the molecule is CC(NC(=O)N(Cc1ccc(C(O)Cc2nn[nH]n2)cc1)c1ccc(C2CCC(C(C)(C)C)CC2)cc1)c1ccc(Br)cc1. The van der Waals surface area contributed by atoms with Crippen molar-refractivity contribution in [1.29, 1.82) is 0 Å². The molecule has 0 radical (unpaired) electrons. The number of benzene rings is 3. The van der Waals surface area contributed by atoms with E-state index in [1.165, 1.54) is 31.2 Å². The molecule has 2 atom stereocenters. The van der Waals surface area contributed by atoms with Gasteiger partial charge in [-0.25, -0.2) is 4.79 Å². The summed E-state index contributed by atoms with van der Waals surface area (Å²) in [6.45, 7) is 9.45. The van der Waals surface area contributed by atoms with Gasteiger partial charge in [-0.05, 0) is 96.4 Å². The molecule has 1 aliphatic rings. The molecule has 0 bridgehead atoms. The van der Waals surface area contributed by atoms with Gasteiger partial charge in [0, 0.05) is 16.6 Å². The Morgan fingerprint density at radius 2 is 1.61 bits per heavy atom. The third kappa shape index (κ3) is 8.12. The predicted molar refractivity (Wildman–Crippen MR) is 177 cm³/mol. The number of urea groups is 1. The number of halogens is 1. The Labute approximate surface area is 268 Å². The number of nitrogens with zero attached hydrogens (tertiary/aromatic N) is 4. The number of aromatic nitrogens is 4. The second-order valence-corrected chi connectivity index (χ2v) is 14.0. The number of nitrogens with one attached hydrogen (secondary N) is 2. The van der Waals surface area contributed by atoms with Crippen molar-refractivity contribution in [2.45, 2.75) is 84.4 Å². The van der Waals surface area contributed by atoms with Crippen LogP contribution in [0.3, 0.4) is 0 Å². The molecule has 44 heavy (non-hydrogen) atoms. The van der Waals surface area contributed by atoms with Crippen LogP contribution in [0.25, 0.3) is 0 Å². The van der Waals surface area contributed by atoms with Gasteiger partial charge in [-0.2, -0.15) is 5.21 Å². The molecule has 0 spiro atoms. The molecular formula is C35H43BrN6O2. The Morgan fingerprint density at radius 3 is 2.20 bits per heavy atom. The van der Waals surface area contributed by atoms with Crippen molar-refractivity contribution in [1.82, 2.24) is 25.9 Å². The van der Waals surface area contributed by atoms with Gasteiger partial charge in [-0.1, -0.05) is 90.4 Å². The summed E-state index contributed by atoms with van der Waals surface area (Å²) in [6.07, 6.45) is 4.46. The number of hydrogen-bond donors (Lipinski definition) is 3. The second-order valence-electron chi connectivity index (χ2n) is 13.1. The number of aromatic amines is 1. The number of tetrazole rings is 1. The lowest BCUT2D eigenvalue weighted by molar-refractivity contribution is 0.169. The number of carbonyl (C=O) groups is 1. The maximum Gasteiger partial charge on any atom is 0.322 e. The van der Waals surface area contributed by atoms with E-state index in [1.54, 1.807) is 4.90 Å². The van der Waals surface area contributed by atoms with Gasteiger partial charge in [0.25, 0.3) is 0 Å². The van der Waals surface area contributed by atoms with Crippen molar-refractivity contribution >= 4 is 27.6 Å². The van der Waals surface area contributed by atoms with E-state index in [4.69, 9.17) is 0 Å². The maximum atomic E-state index is 13.8. The van der Waals surface area contributed by atoms with Gasteiger partial charge in [0.1, 0.15) is 0 Å². The molecule has 4 aromatic rings. The van der Waals surface area contributed by atoms with Crippen LogP contribution in [0.4, 0.5) is 10.5 Å². The lowest BCUT2D eigenvalue weighted by Crippen LogP contribution is -2.40. The van der Waals surface area contributed by atoms with Crippen LogP contribution in [0.5, 0.6) is 0 Å². The highest BCUT2D eigenvalue weighted by Crippen LogP contribution is 2.43. The molecule has 1 aliphatic carbocycles. The minimum Gasteiger partial charge on any atom is -0.388 e. The molecule has 0 aliphatic heterocycles. The number of anilines is 1. The average molecular weight is 660 g/mol. The number of aliphatic hydroxyl groups is 1. The van der Waals surface area contributed by atoms with E-state index in [1.807, 2.05) is 55.5 Å². The molecule has 232 valence electrons. The molecule has 1 saturated carbocycles. The Balaban J connectivity index is 1.32. The lowest BCUT2D eigenvalue weighted by atomic mass is 9.69. The summed E-state index contributed by atoms with van der Waals surface area (Å²) in [6, 6.07) is 23.9. The van der Waals surface area contributed by atoms with Crippen molar-refractivity contribution in [3.63, 3.8) is 0 Å². The fourth-order valence-corrected chi connectivity index (χ4v) is 6.45. The van der Waals surface area contributed by atoms with Gasteiger partial charge >= 0.3 is 6.03 Å². The van der Waals surface area contributed by atoms with Gasteiger partial charge in [0.15, 0.2) is 5.82 Å². The van der Waals surface area contributed by atoms with E-state index in [9.17, 15) is 9.90 Å². The first-order valence-corrected chi connectivity index (χ1v) is 16.3. The summed E-state index contributed by atoms with van der Waals surface area (Å²) in [5, 5.41) is 27.7. The number of amides is 2. The topological polar surface area (TPSA) is 107 Å². The van der Waals surface area contributed by atoms with Gasteiger partial charge in [0.2, 0.25) is 0 Å². The van der Waals surface area contributed by atoms with Crippen molar-refractivity contribution in [2.75, 3.05) is 4.90 Å². The minimum atomic E-state index is -0.751. The fourth-order valence-electron chi connectivity index (χ4n) is 6.19. The van der Waals surface area contributed by atoms with Crippen LogP contribution in [-0.4, -0.2) is 31.8 Å². The highest BCUT2D eigenvalue weighted by molar-refractivity contribution is 9.10. The molecular weight excluding hydrogens is 616 g/mol.